The Morgan fingerprint density at radius 1 is 1.04 bits per heavy atom. The molecule has 0 bridgehead atoms. The van der Waals surface area contributed by atoms with Crippen molar-refractivity contribution < 1.29 is 5.11 Å². The first kappa shape index (κ1) is 17.5. The second-order valence-electron chi connectivity index (χ2n) is 7.10. The maximum Gasteiger partial charge on any atom is 0.134 e. The summed E-state index contributed by atoms with van der Waals surface area (Å²) in [5.74, 6) is 0.318. The van der Waals surface area contributed by atoms with Gasteiger partial charge in [0.15, 0.2) is 0 Å². The first-order valence-corrected chi connectivity index (χ1v) is 9.58. The zero-order chi connectivity index (χ0) is 17.9. The van der Waals surface area contributed by atoms with Crippen LogP contribution in [0.4, 0.5) is 0 Å². The third kappa shape index (κ3) is 3.75. The molecule has 1 fully saturated rings. The van der Waals surface area contributed by atoms with Crippen molar-refractivity contribution in [1.82, 2.24) is 9.88 Å². The lowest BCUT2D eigenvalue weighted by molar-refractivity contribution is 0.0567. The van der Waals surface area contributed by atoms with Crippen LogP contribution >= 0.6 is 11.6 Å². The van der Waals surface area contributed by atoms with Gasteiger partial charge in [-0.3, -0.25) is 4.90 Å². The van der Waals surface area contributed by atoms with Crippen LogP contribution in [-0.2, 0) is 6.54 Å². The van der Waals surface area contributed by atoms with E-state index in [9.17, 15) is 5.11 Å². The van der Waals surface area contributed by atoms with Crippen LogP contribution in [0.15, 0.2) is 60.7 Å². The molecule has 0 amide bonds. The van der Waals surface area contributed by atoms with Crippen molar-refractivity contribution in [2.75, 3.05) is 13.1 Å². The van der Waals surface area contributed by atoms with Crippen molar-refractivity contribution in [2.24, 2.45) is 5.92 Å². The molecular weight excluding hydrogens is 344 g/mol. The Bertz CT molecular complexity index is 876. The molecule has 1 atom stereocenters. The van der Waals surface area contributed by atoms with Crippen LogP contribution in [0.1, 0.15) is 30.1 Å². The first-order valence-electron chi connectivity index (χ1n) is 9.20. The molecule has 2 aromatic carbocycles. The predicted octanol–water partition coefficient (Wildman–Crippen LogP) is 4.83. The van der Waals surface area contributed by atoms with E-state index in [4.69, 9.17) is 11.6 Å². The molecule has 1 aliphatic rings. The normalized spacial score (nSPS) is 17.5. The average Bonchev–Trinajstić information content (AvgIpc) is 2.69. The third-order valence-electron chi connectivity index (χ3n) is 5.36. The van der Waals surface area contributed by atoms with Gasteiger partial charge in [0.1, 0.15) is 5.15 Å². The summed E-state index contributed by atoms with van der Waals surface area (Å²) >= 11 is 6.40. The van der Waals surface area contributed by atoms with Gasteiger partial charge in [-0.2, -0.15) is 0 Å². The molecule has 134 valence electrons. The number of likely N-dealkylation sites (tertiary alicyclic amines) is 1. The van der Waals surface area contributed by atoms with Gasteiger partial charge in [0, 0.05) is 17.5 Å². The number of aliphatic hydroxyl groups is 1. The molecule has 4 heteroatoms. The fraction of sp³-hybridized carbons (Fsp3) is 0.318. The Hall–Kier alpha value is -1.94. The molecule has 3 nitrogen and oxygen atoms in total. The van der Waals surface area contributed by atoms with Gasteiger partial charge < -0.3 is 5.11 Å². The van der Waals surface area contributed by atoms with Crippen LogP contribution in [0, 0.1) is 5.92 Å². The molecule has 0 spiro atoms. The van der Waals surface area contributed by atoms with Gasteiger partial charge in [0.25, 0.3) is 0 Å². The lowest BCUT2D eigenvalue weighted by atomic mass is 9.87. The Morgan fingerprint density at radius 2 is 1.73 bits per heavy atom. The van der Waals surface area contributed by atoms with Crippen LogP contribution in [0.25, 0.3) is 10.9 Å². The van der Waals surface area contributed by atoms with Crippen LogP contribution in [-0.4, -0.2) is 28.1 Å². The fourth-order valence-electron chi connectivity index (χ4n) is 3.84. The topological polar surface area (TPSA) is 36.4 Å². The SMILES string of the molecule is OC(c1ccccc1)C1CCN(Cc2cc3ccccc3nc2Cl)CC1. The Morgan fingerprint density at radius 3 is 2.50 bits per heavy atom. The molecule has 0 aliphatic carbocycles. The molecule has 4 rings (SSSR count). The minimum Gasteiger partial charge on any atom is -0.388 e. The van der Waals surface area contributed by atoms with Crippen LogP contribution < -0.4 is 0 Å². The zero-order valence-electron chi connectivity index (χ0n) is 14.7. The Balaban J connectivity index is 1.40. The number of nitrogens with zero attached hydrogens (tertiary/aromatic N) is 2. The predicted molar refractivity (Wildman–Crippen MR) is 106 cm³/mol. The number of benzene rings is 2. The van der Waals surface area contributed by atoms with E-state index in [1.807, 2.05) is 48.5 Å². The Kier molecular flexibility index (Phi) is 5.21. The molecule has 1 unspecified atom stereocenters. The second kappa shape index (κ2) is 7.75. The summed E-state index contributed by atoms with van der Waals surface area (Å²) in [6, 6.07) is 20.2. The maximum absolute atomic E-state index is 10.6. The fourth-order valence-corrected chi connectivity index (χ4v) is 4.04. The lowest BCUT2D eigenvalue weighted by Crippen LogP contribution is -2.35. The molecule has 26 heavy (non-hydrogen) atoms. The number of pyridine rings is 1. The molecule has 1 saturated heterocycles. The minimum absolute atomic E-state index is 0.318. The van der Waals surface area contributed by atoms with Gasteiger partial charge in [-0.1, -0.05) is 60.1 Å². The largest absolute Gasteiger partial charge is 0.388 e. The van der Waals surface area contributed by atoms with E-state index in [0.29, 0.717) is 11.1 Å². The minimum atomic E-state index is -0.371. The monoisotopic (exact) mass is 366 g/mol. The van der Waals surface area contributed by atoms with Crippen LogP contribution in [0.3, 0.4) is 0 Å². The highest BCUT2D eigenvalue weighted by Gasteiger charge is 2.26. The first-order chi connectivity index (χ1) is 12.7. The van der Waals surface area contributed by atoms with Crippen LogP contribution in [0.2, 0.25) is 5.15 Å². The summed E-state index contributed by atoms with van der Waals surface area (Å²) in [4.78, 5) is 6.93. The summed E-state index contributed by atoms with van der Waals surface area (Å²) in [5, 5.41) is 12.4. The van der Waals surface area contributed by atoms with Crippen molar-refractivity contribution in [3.05, 3.63) is 76.9 Å². The molecular formula is C22H23ClN2O. The van der Waals surface area contributed by atoms with Gasteiger partial charge in [-0.25, -0.2) is 4.98 Å². The van der Waals surface area contributed by atoms with Crippen molar-refractivity contribution in [3.8, 4) is 0 Å². The van der Waals surface area contributed by atoms with Gasteiger partial charge in [-0.15, -0.1) is 0 Å². The van der Waals surface area contributed by atoms with Gasteiger partial charge in [0.05, 0.1) is 11.6 Å². The van der Waals surface area contributed by atoms with Crippen molar-refractivity contribution in [3.63, 3.8) is 0 Å². The zero-order valence-corrected chi connectivity index (χ0v) is 15.4. The van der Waals surface area contributed by atoms with E-state index in [1.165, 1.54) is 0 Å². The summed E-state index contributed by atoms with van der Waals surface area (Å²) in [6.45, 7) is 2.75. The maximum atomic E-state index is 10.6. The number of piperidine rings is 1. The molecule has 0 radical (unpaired) electrons. The van der Waals surface area contributed by atoms with Gasteiger partial charge >= 0.3 is 0 Å². The van der Waals surface area contributed by atoms with E-state index in [2.05, 4.69) is 22.0 Å². The summed E-state index contributed by atoms with van der Waals surface area (Å²) in [7, 11) is 0. The van der Waals surface area contributed by atoms with E-state index in [1.54, 1.807) is 0 Å². The number of fused-ring (bicyclic) bond motifs is 1. The van der Waals surface area contributed by atoms with E-state index >= 15 is 0 Å². The van der Waals surface area contributed by atoms with Crippen LogP contribution in [0.5, 0.6) is 0 Å². The Labute approximate surface area is 159 Å². The highest BCUT2D eigenvalue weighted by Crippen LogP contribution is 2.31. The molecule has 3 aromatic rings. The van der Waals surface area contributed by atoms with E-state index < -0.39 is 0 Å². The molecule has 1 N–H and O–H groups in total. The number of aromatic nitrogens is 1. The average molecular weight is 367 g/mol. The van der Waals surface area contributed by atoms with Crippen molar-refractivity contribution in [1.29, 1.82) is 0 Å². The third-order valence-corrected chi connectivity index (χ3v) is 5.69. The van der Waals surface area contributed by atoms with Gasteiger partial charge in [0.2, 0.25) is 0 Å². The highest BCUT2D eigenvalue weighted by molar-refractivity contribution is 6.30. The van der Waals surface area contributed by atoms with E-state index in [0.717, 1.165) is 54.5 Å². The number of para-hydroxylation sites is 1. The molecule has 1 aliphatic heterocycles. The number of rotatable bonds is 4. The number of aliphatic hydroxyl groups excluding tert-OH is 1. The lowest BCUT2D eigenvalue weighted by Gasteiger charge is -2.34. The summed E-state index contributed by atoms with van der Waals surface area (Å²) < 4.78 is 0. The molecule has 2 heterocycles. The smallest absolute Gasteiger partial charge is 0.134 e. The standard InChI is InChI=1S/C22H23ClN2O/c23-22-19(14-18-8-4-5-9-20(18)24-22)15-25-12-10-17(11-13-25)21(26)16-6-2-1-3-7-16/h1-9,14,17,21,26H,10-13,15H2. The second-order valence-corrected chi connectivity index (χ2v) is 7.46. The van der Waals surface area contributed by atoms with E-state index in [-0.39, 0.29) is 6.10 Å². The van der Waals surface area contributed by atoms with Crippen molar-refractivity contribution >= 4 is 22.5 Å². The highest BCUT2D eigenvalue weighted by atomic mass is 35.5. The quantitative estimate of drug-likeness (QED) is 0.671. The number of halogens is 1. The number of hydrogen-bond donors (Lipinski definition) is 1. The van der Waals surface area contributed by atoms with Crippen molar-refractivity contribution in [2.45, 2.75) is 25.5 Å². The summed E-state index contributed by atoms with van der Waals surface area (Å²) in [5.41, 5.74) is 3.03. The van der Waals surface area contributed by atoms with Gasteiger partial charge in [-0.05, 0) is 49.5 Å². The molecule has 1 aromatic heterocycles. The summed E-state index contributed by atoms with van der Waals surface area (Å²) in [6.07, 6.45) is 1.62. The molecule has 0 saturated carbocycles. The number of hydrogen-bond acceptors (Lipinski definition) is 3.